The van der Waals surface area contributed by atoms with Crippen molar-refractivity contribution in [2.45, 2.75) is 12.8 Å². The van der Waals surface area contributed by atoms with Crippen LogP contribution in [-0.2, 0) is 0 Å². The zero-order valence-corrected chi connectivity index (χ0v) is 11.6. The van der Waals surface area contributed by atoms with Gasteiger partial charge in [0, 0.05) is 13.6 Å². The van der Waals surface area contributed by atoms with E-state index in [1.165, 1.54) is 12.8 Å². The van der Waals surface area contributed by atoms with Gasteiger partial charge in [-0.25, -0.2) is 0 Å². The summed E-state index contributed by atoms with van der Waals surface area (Å²) in [6.07, 6.45) is 3.98. The summed E-state index contributed by atoms with van der Waals surface area (Å²) in [7, 11) is 4.16. The zero-order valence-electron chi connectivity index (χ0n) is 11.6. The largest absolute Gasteiger partial charge is 0.384 e. The van der Waals surface area contributed by atoms with E-state index >= 15 is 0 Å². The lowest BCUT2D eigenvalue weighted by Crippen LogP contribution is -2.36. The highest BCUT2D eigenvalue weighted by atomic mass is 15.2. The van der Waals surface area contributed by atoms with Crippen molar-refractivity contribution in [3.63, 3.8) is 0 Å². The molecule has 6 nitrogen and oxygen atoms in total. The van der Waals surface area contributed by atoms with Crippen LogP contribution in [0.25, 0.3) is 0 Å². The predicted molar refractivity (Wildman–Crippen MR) is 76.5 cm³/mol. The molecule has 1 aliphatic heterocycles. The Morgan fingerprint density at radius 1 is 1.53 bits per heavy atom. The lowest BCUT2D eigenvalue weighted by atomic mass is 9.96. The number of rotatable bonds is 4. The summed E-state index contributed by atoms with van der Waals surface area (Å²) < 4.78 is 0. The second-order valence-corrected chi connectivity index (χ2v) is 5.31. The van der Waals surface area contributed by atoms with Crippen LogP contribution in [0, 0.1) is 11.3 Å². The first-order chi connectivity index (χ1) is 9.08. The van der Waals surface area contributed by atoms with Gasteiger partial charge in [-0.15, -0.1) is 5.10 Å². The average Bonchev–Trinajstić information content (AvgIpc) is 2.41. The Balaban J connectivity index is 2.03. The minimum absolute atomic E-state index is 0.0418. The van der Waals surface area contributed by atoms with Crippen molar-refractivity contribution < 1.29 is 0 Å². The monoisotopic (exact) mass is 262 g/mol. The number of amidine groups is 1. The van der Waals surface area contributed by atoms with Crippen molar-refractivity contribution in [2.75, 3.05) is 38.6 Å². The van der Waals surface area contributed by atoms with E-state index in [0.29, 0.717) is 17.3 Å². The molecular weight excluding hydrogens is 240 g/mol. The standard InChI is InChI=1S/C13H22N6/c1-18-7-4-10(5-8-18)9-19(2)13-11(12(14)15)3-6-16-17-13/h3,6,10H,4-5,7-9H2,1-2H3,(H3,14,15). The van der Waals surface area contributed by atoms with Gasteiger partial charge in [0.2, 0.25) is 0 Å². The van der Waals surface area contributed by atoms with E-state index in [1.54, 1.807) is 12.3 Å². The Bertz CT molecular complexity index is 439. The van der Waals surface area contributed by atoms with Crippen LogP contribution in [0.15, 0.2) is 12.3 Å². The Hall–Kier alpha value is -1.69. The lowest BCUT2D eigenvalue weighted by Gasteiger charge is -2.32. The van der Waals surface area contributed by atoms with Gasteiger partial charge in [-0.3, -0.25) is 5.41 Å². The van der Waals surface area contributed by atoms with Crippen molar-refractivity contribution in [3.05, 3.63) is 17.8 Å². The molecule has 0 spiro atoms. The second kappa shape index (κ2) is 5.97. The third-order valence-corrected chi connectivity index (χ3v) is 3.72. The number of likely N-dealkylation sites (tertiary alicyclic amines) is 1. The van der Waals surface area contributed by atoms with Gasteiger partial charge >= 0.3 is 0 Å². The summed E-state index contributed by atoms with van der Waals surface area (Å²) in [6, 6.07) is 1.75. The third kappa shape index (κ3) is 3.41. The van der Waals surface area contributed by atoms with E-state index in [-0.39, 0.29) is 5.84 Å². The van der Waals surface area contributed by atoms with Gasteiger partial charge in [0.05, 0.1) is 11.8 Å². The molecule has 19 heavy (non-hydrogen) atoms. The van der Waals surface area contributed by atoms with E-state index < -0.39 is 0 Å². The molecule has 1 aromatic heterocycles. The molecule has 6 heteroatoms. The van der Waals surface area contributed by atoms with Crippen molar-refractivity contribution in [1.29, 1.82) is 5.41 Å². The van der Waals surface area contributed by atoms with Gasteiger partial charge < -0.3 is 15.5 Å². The maximum absolute atomic E-state index is 7.59. The quantitative estimate of drug-likeness (QED) is 0.611. The second-order valence-electron chi connectivity index (χ2n) is 5.31. The van der Waals surface area contributed by atoms with Crippen LogP contribution < -0.4 is 10.6 Å². The number of hydrogen-bond acceptors (Lipinski definition) is 5. The SMILES string of the molecule is CN1CCC(CN(C)c2nnccc2C(=N)N)CC1. The third-order valence-electron chi connectivity index (χ3n) is 3.72. The van der Waals surface area contributed by atoms with E-state index in [2.05, 4.69) is 27.0 Å². The molecule has 1 aromatic rings. The molecule has 0 unspecified atom stereocenters. The molecule has 0 amide bonds. The molecule has 0 saturated carbocycles. The minimum Gasteiger partial charge on any atom is -0.384 e. The number of anilines is 1. The van der Waals surface area contributed by atoms with E-state index in [4.69, 9.17) is 11.1 Å². The minimum atomic E-state index is 0.0418. The Labute approximate surface area is 114 Å². The summed E-state index contributed by atoms with van der Waals surface area (Å²) in [5.41, 5.74) is 6.24. The van der Waals surface area contributed by atoms with Crippen molar-refractivity contribution in [1.82, 2.24) is 15.1 Å². The summed E-state index contributed by atoms with van der Waals surface area (Å²) in [6.45, 7) is 3.24. The Morgan fingerprint density at radius 2 is 2.21 bits per heavy atom. The van der Waals surface area contributed by atoms with Gasteiger partial charge in [-0.05, 0) is 45.0 Å². The molecule has 0 aromatic carbocycles. The molecular formula is C13H22N6. The van der Waals surface area contributed by atoms with Crippen LogP contribution >= 0.6 is 0 Å². The molecule has 3 N–H and O–H groups in total. The van der Waals surface area contributed by atoms with E-state index in [9.17, 15) is 0 Å². The molecule has 1 saturated heterocycles. The van der Waals surface area contributed by atoms with Gasteiger partial charge in [0.15, 0.2) is 5.82 Å². The number of aromatic nitrogens is 2. The highest BCUT2D eigenvalue weighted by molar-refractivity contribution is 5.99. The first kappa shape index (κ1) is 13.7. The molecule has 0 aliphatic carbocycles. The number of nitrogens with one attached hydrogen (secondary N) is 1. The fourth-order valence-electron chi connectivity index (χ4n) is 2.53. The lowest BCUT2D eigenvalue weighted by molar-refractivity contribution is 0.222. The van der Waals surface area contributed by atoms with Crippen molar-refractivity contribution in [2.24, 2.45) is 11.7 Å². The van der Waals surface area contributed by atoms with Gasteiger partial charge in [-0.1, -0.05) is 0 Å². The molecule has 0 bridgehead atoms. The highest BCUT2D eigenvalue weighted by Crippen LogP contribution is 2.21. The van der Waals surface area contributed by atoms with Crippen molar-refractivity contribution in [3.8, 4) is 0 Å². The number of nitrogen functional groups attached to an aromatic ring is 1. The maximum atomic E-state index is 7.59. The number of nitrogens with zero attached hydrogens (tertiary/aromatic N) is 4. The first-order valence-electron chi connectivity index (χ1n) is 6.63. The van der Waals surface area contributed by atoms with Gasteiger partial charge in [0.25, 0.3) is 0 Å². The highest BCUT2D eigenvalue weighted by Gasteiger charge is 2.20. The molecule has 2 rings (SSSR count). The zero-order chi connectivity index (χ0) is 13.8. The summed E-state index contributed by atoms with van der Waals surface area (Å²) in [5, 5.41) is 15.6. The van der Waals surface area contributed by atoms with Gasteiger partial charge in [0.1, 0.15) is 5.84 Å². The predicted octanol–water partition coefficient (Wildman–Crippen LogP) is 0.539. The van der Waals surface area contributed by atoms with Crippen LogP contribution in [0.3, 0.4) is 0 Å². The van der Waals surface area contributed by atoms with E-state index in [1.807, 2.05) is 7.05 Å². The summed E-state index contributed by atoms with van der Waals surface area (Å²) in [4.78, 5) is 4.43. The fourth-order valence-corrected chi connectivity index (χ4v) is 2.53. The van der Waals surface area contributed by atoms with Crippen LogP contribution in [0.4, 0.5) is 5.82 Å². The molecule has 2 heterocycles. The molecule has 0 radical (unpaired) electrons. The smallest absolute Gasteiger partial charge is 0.162 e. The first-order valence-corrected chi connectivity index (χ1v) is 6.63. The maximum Gasteiger partial charge on any atom is 0.162 e. The number of hydrogen-bond donors (Lipinski definition) is 2. The van der Waals surface area contributed by atoms with Crippen molar-refractivity contribution >= 4 is 11.7 Å². The fraction of sp³-hybridized carbons (Fsp3) is 0.615. The molecule has 0 atom stereocenters. The van der Waals surface area contributed by atoms with Crippen LogP contribution in [0.5, 0.6) is 0 Å². The molecule has 104 valence electrons. The topological polar surface area (TPSA) is 82.1 Å². The summed E-state index contributed by atoms with van der Waals surface area (Å²) in [5.74, 6) is 1.41. The Morgan fingerprint density at radius 3 is 2.84 bits per heavy atom. The van der Waals surface area contributed by atoms with E-state index in [0.717, 1.165) is 19.6 Å². The van der Waals surface area contributed by atoms with Crippen LogP contribution in [0.1, 0.15) is 18.4 Å². The molecule has 1 fully saturated rings. The van der Waals surface area contributed by atoms with Gasteiger partial charge in [-0.2, -0.15) is 5.10 Å². The number of piperidine rings is 1. The number of nitrogens with two attached hydrogens (primary N) is 1. The van der Waals surface area contributed by atoms with Crippen LogP contribution in [0.2, 0.25) is 0 Å². The molecule has 1 aliphatic rings. The Kier molecular flexibility index (Phi) is 4.31. The summed E-state index contributed by atoms with van der Waals surface area (Å²) >= 11 is 0. The average molecular weight is 262 g/mol. The normalized spacial score (nSPS) is 17.4. The van der Waals surface area contributed by atoms with Crippen LogP contribution in [-0.4, -0.2) is 54.7 Å².